The topological polar surface area (TPSA) is 12.5 Å². The Kier molecular flexibility index (Phi) is 5.43. The van der Waals surface area contributed by atoms with Gasteiger partial charge >= 0.3 is 0 Å². The van der Waals surface area contributed by atoms with E-state index in [0.29, 0.717) is 12.1 Å². The molecule has 0 N–H and O–H groups in total. The molecule has 0 saturated carbocycles. The summed E-state index contributed by atoms with van der Waals surface area (Å²) in [6.45, 7) is 12.8. The zero-order chi connectivity index (χ0) is 10.6. The second-order valence-electron chi connectivity index (χ2n) is 4.60. The van der Waals surface area contributed by atoms with Gasteiger partial charge in [0.05, 0.1) is 5.60 Å². The third-order valence-corrected chi connectivity index (χ3v) is 2.85. The molecule has 0 fully saturated rings. The second-order valence-corrected chi connectivity index (χ2v) is 5.01. The van der Waals surface area contributed by atoms with Gasteiger partial charge in [-0.1, -0.05) is 0 Å². The number of hydrogen-bond acceptors (Lipinski definition) is 2. The van der Waals surface area contributed by atoms with Crippen LogP contribution >= 0.6 is 9.24 Å². The van der Waals surface area contributed by atoms with Crippen LogP contribution < -0.4 is 0 Å². The first-order valence-corrected chi connectivity index (χ1v) is 5.79. The van der Waals surface area contributed by atoms with Crippen molar-refractivity contribution < 1.29 is 4.84 Å². The molecule has 13 heavy (non-hydrogen) atoms. The largest absolute Gasteiger partial charge is 0.292 e. The van der Waals surface area contributed by atoms with Gasteiger partial charge in [0.2, 0.25) is 0 Å². The monoisotopic (exact) mass is 205 g/mol. The van der Waals surface area contributed by atoms with Crippen molar-refractivity contribution in [3.8, 4) is 0 Å². The lowest BCUT2D eigenvalue weighted by Gasteiger charge is -2.36. The van der Waals surface area contributed by atoms with E-state index in [1.165, 1.54) is 0 Å². The van der Waals surface area contributed by atoms with E-state index < -0.39 is 0 Å². The van der Waals surface area contributed by atoms with Crippen LogP contribution in [0.1, 0.15) is 41.5 Å². The van der Waals surface area contributed by atoms with E-state index in [2.05, 4.69) is 55.8 Å². The SMILES string of the molecule is CC(C)N(OC(C)(C)CP)C(C)C. The van der Waals surface area contributed by atoms with Crippen molar-refractivity contribution in [1.29, 1.82) is 0 Å². The molecule has 0 amide bonds. The Bertz CT molecular complexity index is 138. The molecule has 0 heterocycles. The summed E-state index contributed by atoms with van der Waals surface area (Å²) in [7, 11) is 2.73. The van der Waals surface area contributed by atoms with Gasteiger partial charge in [0.1, 0.15) is 0 Å². The van der Waals surface area contributed by atoms with Gasteiger partial charge in [0, 0.05) is 12.1 Å². The average Bonchev–Trinajstić information content (AvgIpc) is 1.99. The van der Waals surface area contributed by atoms with E-state index in [0.717, 1.165) is 6.16 Å². The lowest BCUT2D eigenvalue weighted by atomic mass is 10.2. The van der Waals surface area contributed by atoms with Gasteiger partial charge in [0.15, 0.2) is 0 Å². The Labute approximate surface area is 85.2 Å². The molecule has 2 nitrogen and oxygen atoms in total. The summed E-state index contributed by atoms with van der Waals surface area (Å²) in [5.74, 6) is 0. The van der Waals surface area contributed by atoms with Crippen LogP contribution in [0.4, 0.5) is 0 Å². The fourth-order valence-corrected chi connectivity index (χ4v) is 1.20. The second kappa shape index (κ2) is 5.29. The smallest absolute Gasteiger partial charge is 0.0878 e. The van der Waals surface area contributed by atoms with Gasteiger partial charge in [0.25, 0.3) is 0 Å². The molecule has 0 aromatic rings. The van der Waals surface area contributed by atoms with Crippen molar-refractivity contribution in [2.24, 2.45) is 0 Å². The summed E-state index contributed by atoms with van der Waals surface area (Å²) in [6, 6.07) is 0.853. The van der Waals surface area contributed by atoms with Crippen LogP contribution in [0.15, 0.2) is 0 Å². The van der Waals surface area contributed by atoms with Crippen LogP contribution in [-0.4, -0.2) is 28.9 Å². The number of nitrogens with zero attached hydrogens (tertiary/aromatic N) is 1. The molecule has 0 aliphatic carbocycles. The van der Waals surface area contributed by atoms with Gasteiger partial charge in [-0.3, -0.25) is 4.84 Å². The van der Waals surface area contributed by atoms with E-state index in [4.69, 9.17) is 4.84 Å². The Balaban J connectivity index is 4.26. The van der Waals surface area contributed by atoms with Crippen LogP contribution in [0.3, 0.4) is 0 Å². The first-order valence-electron chi connectivity index (χ1n) is 4.97. The van der Waals surface area contributed by atoms with Crippen molar-refractivity contribution in [2.45, 2.75) is 59.2 Å². The molecular formula is C10H24NOP. The lowest BCUT2D eigenvalue weighted by Crippen LogP contribution is -2.44. The van der Waals surface area contributed by atoms with Crippen LogP contribution in [0, 0.1) is 0 Å². The minimum Gasteiger partial charge on any atom is -0.292 e. The Morgan fingerprint density at radius 1 is 1.15 bits per heavy atom. The fraction of sp³-hybridized carbons (Fsp3) is 1.00. The van der Waals surface area contributed by atoms with Crippen LogP contribution in [0.5, 0.6) is 0 Å². The zero-order valence-electron chi connectivity index (χ0n) is 9.79. The molecule has 0 rings (SSSR count). The van der Waals surface area contributed by atoms with Crippen LogP contribution in [0.2, 0.25) is 0 Å². The third kappa shape index (κ3) is 4.95. The maximum absolute atomic E-state index is 5.92. The molecule has 0 spiro atoms. The summed E-state index contributed by atoms with van der Waals surface area (Å²) >= 11 is 0. The summed E-state index contributed by atoms with van der Waals surface area (Å²) in [4.78, 5) is 5.92. The van der Waals surface area contributed by atoms with E-state index >= 15 is 0 Å². The lowest BCUT2D eigenvalue weighted by molar-refractivity contribution is -0.258. The highest BCUT2D eigenvalue weighted by molar-refractivity contribution is 7.16. The average molecular weight is 205 g/mol. The third-order valence-electron chi connectivity index (χ3n) is 1.86. The summed E-state index contributed by atoms with van der Waals surface area (Å²) in [5, 5.41) is 2.06. The van der Waals surface area contributed by atoms with Gasteiger partial charge < -0.3 is 0 Å². The van der Waals surface area contributed by atoms with Crippen molar-refractivity contribution in [2.75, 3.05) is 6.16 Å². The highest BCUT2D eigenvalue weighted by Gasteiger charge is 2.24. The molecule has 1 atom stereocenters. The molecule has 0 aromatic carbocycles. The summed E-state index contributed by atoms with van der Waals surface area (Å²) in [6.07, 6.45) is 0.947. The predicted octanol–water partition coefficient (Wildman–Crippen LogP) is 2.69. The van der Waals surface area contributed by atoms with Crippen molar-refractivity contribution in [3.63, 3.8) is 0 Å². The van der Waals surface area contributed by atoms with Crippen molar-refractivity contribution in [1.82, 2.24) is 5.06 Å². The molecule has 3 heteroatoms. The molecule has 1 unspecified atom stereocenters. The van der Waals surface area contributed by atoms with E-state index in [1.807, 2.05) is 0 Å². The van der Waals surface area contributed by atoms with E-state index in [-0.39, 0.29) is 5.60 Å². The highest BCUT2D eigenvalue weighted by atomic mass is 31.0. The van der Waals surface area contributed by atoms with Crippen LogP contribution in [-0.2, 0) is 4.84 Å². The van der Waals surface area contributed by atoms with Gasteiger partial charge in [-0.05, 0) is 47.7 Å². The molecule has 0 saturated heterocycles. The van der Waals surface area contributed by atoms with Gasteiger partial charge in [-0.2, -0.15) is 5.06 Å². The Morgan fingerprint density at radius 3 is 1.77 bits per heavy atom. The minimum atomic E-state index is -0.0841. The van der Waals surface area contributed by atoms with E-state index in [9.17, 15) is 0 Å². The maximum atomic E-state index is 5.92. The first kappa shape index (κ1) is 13.4. The Morgan fingerprint density at radius 2 is 1.54 bits per heavy atom. The molecule has 0 bridgehead atoms. The maximum Gasteiger partial charge on any atom is 0.0878 e. The Hall–Kier alpha value is 0.350. The summed E-state index contributed by atoms with van der Waals surface area (Å²) < 4.78 is 0. The fourth-order valence-electron chi connectivity index (χ4n) is 1.13. The van der Waals surface area contributed by atoms with Crippen LogP contribution in [0.25, 0.3) is 0 Å². The minimum absolute atomic E-state index is 0.0841. The zero-order valence-corrected chi connectivity index (χ0v) is 10.9. The molecule has 0 aromatic heterocycles. The van der Waals surface area contributed by atoms with E-state index in [1.54, 1.807) is 0 Å². The molecular weight excluding hydrogens is 181 g/mol. The number of hydroxylamine groups is 2. The normalized spacial score (nSPS) is 13.4. The molecule has 80 valence electrons. The quantitative estimate of drug-likeness (QED) is 0.505. The first-order chi connectivity index (χ1) is 5.80. The standard InChI is InChI=1S/C10H24NOP/c1-8(2)11(9(3)4)12-10(5,6)7-13/h8-9H,7,13H2,1-6H3. The predicted molar refractivity (Wildman–Crippen MR) is 61.9 cm³/mol. The number of hydrogen-bond donors (Lipinski definition) is 0. The number of rotatable bonds is 5. The molecule has 0 aliphatic rings. The van der Waals surface area contributed by atoms with Crippen molar-refractivity contribution in [3.05, 3.63) is 0 Å². The van der Waals surface area contributed by atoms with Gasteiger partial charge in [-0.15, -0.1) is 9.24 Å². The summed E-state index contributed by atoms with van der Waals surface area (Å²) in [5.41, 5.74) is -0.0841. The molecule has 0 aliphatic heterocycles. The van der Waals surface area contributed by atoms with Crippen molar-refractivity contribution >= 4 is 9.24 Å². The highest BCUT2D eigenvalue weighted by Crippen LogP contribution is 2.18. The van der Waals surface area contributed by atoms with Gasteiger partial charge in [-0.25, -0.2) is 0 Å². The molecule has 0 radical (unpaired) electrons.